The fraction of sp³-hybridized carbons (Fsp3) is 0.600. The van der Waals surface area contributed by atoms with Gasteiger partial charge in [0.25, 0.3) is 0 Å². The van der Waals surface area contributed by atoms with Crippen molar-refractivity contribution in [3.63, 3.8) is 0 Å². The lowest BCUT2D eigenvalue weighted by Crippen LogP contribution is -1.96. The molecule has 2 rings (SSSR count). The average molecular weight is 150 g/mol. The molecule has 1 aliphatic carbocycles. The summed E-state index contributed by atoms with van der Waals surface area (Å²) in [6, 6.07) is 0. The molecule has 2 aliphatic rings. The molecule has 0 saturated carbocycles. The van der Waals surface area contributed by atoms with Gasteiger partial charge in [0, 0.05) is 5.92 Å². The Morgan fingerprint density at radius 3 is 3.36 bits per heavy atom. The van der Waals surface area contributed by atoms with Crippen molar-refractivity contribution >= 4 is 0 Å². The maximum Gasteiger partial charge on any atom is 0.0683 e. The van der Waals surface area contributed by atoms with Crippen LogP contribution in [0.1, 0.15) is 19.8 Å². The molecule has 0 spiro atoms. The van der Waals surface area contributed by atoms with Crippen molar-refractivity contribution in [2.45, 2.75) is 19.8 Å². The molecule has 1 heteroatoms. The van der Waals surface area contributed by atoms with Crippen LogP contribution in [0.4, 0.5) is 0 Å². The molecule has 0 aromatic rings. The van der Waals surface area contributed by atoms with E-state index in [9.17, 15) is 0 Å². The average Bonchev–Trinajstić information content (AvgIpc) is 2.31. The zero-order valence-electron chi connectivity index (χ0n) is 6.97. The van der Waals surface area contributed by atoms with Gasteiger partial charge in [0.15, 0.2) is 0 Å². The standard InChI is InChI=1S/C10H14O/c1-8-3-2-4-9-6-11-7-10(9)5-8/h4-5,10H,2-3,6-7H2,1H3. The van der Waals surface area contributed by atoms with Gasteiger partial charge in [-0.15, -0.1) is 0 Å². The minimum Gasteiger partial charge on any atom is -0.376 e. The van der Waals surface area contributed by atoms with Crippen LogP contribution in [0.2, 0.25) is 0 Å². The first-order chi connectivity index (χ1) is 5.36. The molecule has 1 aliphatic heterocycles. The predicted octanol–water partition coefficient (Wildman–Crippen LogP) is 2.30. The van der Waals surface area contributed by atoms with Crippen LogP contribution in [0.3, 0.4) is 0 Å². The summed E-state index contributed by atoms with van der Waals surface area (Å²) < 4.78 is 5.38. The molecule has 1 heterocycles. The van der Waals surface area contributed by atoms with E-state index in [-0.39, 0.29) is 0 Å². The van der Waals surface area contributed by atoms with Gasteiger partial charge in [0.2, 0.25) is 0 Å². The first-order valence-electron chi connectivity index (χ1n) is 4.30. The van der Waals surface area contributed by atoms with Crippen LogP contribution in [0.25, 0.3) is 0 Å². The Morgan fingerprint density at radius 2 is 2.45 bits per heavy atom. The fourth-order valence-corrected chi connectivity index (χ4v) is 1.80. The largest absolute Gasteiger partial charge is 0.376 e. The van der Waals surface area contributed by atoms with Gasteiger partial charge in [-0.25, -0.2) is 0 Å². The van der Waals surface area contributed by atoms with Crippen molar-refractivity contribution in [1.82, 2.24) is 0 Å². The minimum absolute atomic E-state index is 0.609. The number of fused-ring (bicyclic) bond motifs is 1. The lowest BCUT2D eigenvalue weighted by atomic mass is 10.0. The molecule has 1 saturated heterocycles. The van der Waals surface area contributed by atoms with Crippen molar-refractivity contribution in [3.05, 3.63) is 23.3 Å². The second kappa shape index (κ2) is 2.82. The van der Waals surface area contributed by atoms with Gasteiger partial charge in [-0.1, -0.05) is 17.7 Å². The summed E-state index contributed by atoms with van der Waals surface area (Å²) in [6.07, 6.45) is 7.16. The second-order valence-electron chi connectivity index (χ2n) is 3.45. The summed E-state index contributed by atoms with van der Waals surface area (Å²) in [7, 11) is 0. The third kappa shape index (κ3) is 1.38. The minimum atomic E-state index is 0.609. The normalized spacial score (nSPS) is 30.5. The van der Waals surface area contributed by atoms with Crippen molar-refractivity contribution in [2.24, 2.45) is 5.92 Å². The molecule has 0 bridgehead atoms. The van der Waals surface area contributed by atoms with Crippen LogP contribution in [0, 0.1) is 5.92 Å². The number of rotatable bonds is 0. The van der Waals surface area contributed by atoms with Gasteiger partial charge in [0.05, 0.1) is 13.2 Å². The molecule has 0 radical (unpaired) electrons. The summed E-state index contributed by atoms with van der Waals surface area (Å²) in [4.78, 5) is 0. The highest BCUT2D eigenvalue weighted by atomic mass is 16.5. The number of hydrogen-bond acceptors (Lipinski definition) is 1. The highest BCUT2D eigenvalue weighted by Gasteiger charge is 2.20. The third-order valence-corrected chi connectivity index (χ3v) is 2.47. The summed E-state index contributed by atoms with van der Waals surface area (Å²) in [5, 5.41) is 0. The Balaban J connectivity index is 2.23. The van der Waals surface area contributed by atoms with Crippen molar-refractivity contribution in [1.29, 1.82) is 0 Å². The van der Waals surface area contributed by atoms with Gasteiger partial charge >= 0.3 is 0 Å². The molecular formula is C10H14O. The zero-order valence-corrected chi connectivity index (χ0v) is 6.97. The molecule has 1 unspecified atom stereocenters. The summed E-state index contributed by atoms with van der Waals surface area (Å²) >= 11 is 0. The smallest absolute Gasteiger partial charge is 0.0683 e. The molecule has 0 aromatic carbocycles. The van der Waals surface area contributed by atoms with E-state index in [4.69, 9.17) is 4.74 Å². The first kappa shape index (κ1) is 7.11. The number of allylic oxidation sites excluding steroid dienone is 2. The molecule has 1 fully saturated rings. The van der Waals surface area contributed by atoms with Crippen LogP contribution in [0.5, 0.6) is 0 Å². The van der Waals surface area contributed by atoms with Crippen molar-refractivity contribution in [2.75, 3.05) is 13.2 Å². The maximum atomic E-state index is 5.38. The Kier molecular flexibility index (Phi) is 1.82. The van der Waals surface area contributed by atoms with Crippen molar-refractivity contribution in [3.8, 4) is 0 Å². The molecule has 60 valence electrons. The number of hydrogen-bond donors (Lipinski definition) is 0. The van der Waals surface area contributed by atoms with Gasteiger partial charge in [-0.05, 0) is 25.3 Å². The highest BCUT2D eigenvalue weighted by molar-refractivity contribution is 5.22. The van der Waals surface area contributed by atoms with Gasteiger partial charge in [0.1, 0.15) is 0 Å². The van der Waals surface area contributed by atoms with Gasteiger partial charge < -0.3 is 4.74 Å². The van der Waals surface area contributed by atoms with Crippen LogP contribution in [-0.2, 0) is 4.74 Å². The van der Waals surface area contributed by atoms with E-state index in [1.54, 1.807) is 0 Å². The summed E-state index contributed by atoms with van der Waals surface area (Å²) in [5.74, 6) is 0.609. The SMILES string of the molecule is CC1=CC2COCC2=CCC1. The maximum absolute atomic E-state index is 5.38. The molecule has 0 N–H and O–H groups in total. The Bertz CT molecular complexity index is 213. The quantitative estimate of drug-likeness (QED) is 0.481. The molecular weight excluding hydrogens is 136 g/mol. The van der Waals surface area contributed by atoms with Crippen molar-refractivity contribution < 1.29 is 4.74 Å². The summed E-state index contributed by atoms with van der Waals surface area (Å²) in [5.41, 5.74) is 3.02. The zero-order chi connectivity index (χ0) is 7.68. The molecule has 1 nitrogen and oxygen atoms in total. The Labute approximate surface area is 67.7 Å². The van der Waals surface area contributed by atoms with Gasteiger partial charge in [-0.3, -0.25) is 0 Å². The van der Waals surface area contributed by atoms with Crippen LogP contribution in [0.15, 0.2) is 23.3 Å². The Morgan fingerprint density at radius 1 is 1.55 bits per heavy atom. The number of ether oxygens (including phenoxy) is 1. The van der Waals surface area contributed by atoms with Gasteiger partial charge in [-0.2, -0.15) is 0 Å². The van der Waals surface area contributed by atoms with E-state index < -0.39 is 0 Å². The van der Waals surface area contributed by atoms with E-state index in [0.717, 1.165) is 13.2 Å². The predicted molar refractivity (Wildman–Crippen MR) is 45.4 cm³/mol. The van der Waals surface area contributed by atoms with E-state index in [1.165, 1.54) is 24.0 Å². The van der Waals surface area contributed by atoms with E-state index in [0.29, 0.717) is 5.92 Å². The first-order valence-corrected chi connectivity index (χ1v) is 4.30. The van der Waals surface area contributed by atoms with E-state index >= 15 is 0 Å². The molecule has 1 atom stereocenters. The lowest BCUT2D eigenvalue weighted by molar-refractivity contribution is 0.195. The lowest BCUT2D eigenvalue weighted by Gasteiger charge is -2.01. The monoisotopic (exact) mass is 150 g/mol. The highest BCUT2D eigenvalue weighted by Crippen LogP contribution is 2.27. The molecule has 11 heavy (non-hydrogen) atoms. The fourth-order valence-electron chi connectivity index (χ4n) is 1.80. The molecule has 0 aromatic heterocycles. The second-order valence-corrected chi connectivity index (χ2v) is 3.45. The topological polar surface area (TPSA) is 9.23 Å². The van der Waals surface area contributed by atoms with Crippen LogP contribution >= 0.6 is 0 Å². The van der Waals surface area contributed by atoms with E-state index in [1.807, 2.05) is 0 Å². The van der Waals surface area contributed by atoms with E-state index in [2.05, 4.69) is 19.1 Å². The summed E-state index contributed by atoms with van der Waals surface area (Å²) in [6.45, 7) is 3.99. The Hall–Kier alpha value is -0.560. The van der Waals surface area contributed by atoms with Crippen LogP contribution < -0.4 is 0 Å². The van der Waals surface area contributed by atoms with Crippen LogP contribution in [-0.4, -0.2) is 13.2 Å². The molecule has 0 amide bonds. The third-order valence-electron chi connectivity index (χ3n) is 2.47.